The second-order valence-electron chi connectivity index (χ2n) is 7.07. The van der Waals surface area contributed by atoms with Crippen LogP contribution in [0.5, 0.6) is 0 Å². The number of rotatable bonds is 16. The number of unbranched alkanes of at least 4 members (excludes halogenated alkanes) is 6. The zero-order valence-corrected chi connectivity index (χ0v) is 16.3. The lowest BCUT2D eigenvalue weighted by atomic mass is 9.85. The molecule has 5 heteroatoms. The molecular formula is C20H37O5-. The Kier molecular flexibility index (Phi) is 13.5. The monoisotopic (exact) mass is 357 g/mol. The van der Waals surface area contributed by atoms with Crippen molar-refractivity contribution in [3.8, 4) is 0 Å². The van der Waals surface area contributed by atoms with E-state index in [1.165, 1.54) is 19.3 Å². The van der Waals surface area contributed by atoms with Crippen LogP contribution in [0.3, 0.4) is 0 Å². The maximum atomic E-state index is 12.2. The molecule has 0 aromatic carbocycles. The fraction of sp³-hybridized carbons (Fsp3) is 0.900. The van der Waals surface area contributed by atoms with Gasteiger partial charge in [0.05, 0.1) is 0 Å². The van der Waals surface area contributed by atoms with Gasteiger partial charge in [-0.2, -0.15) is 0 Å². The van der Waals surface area contributed by atoms with Crippen LogP contribution in [-0.4, -0.2) is 28.8 Å². The Labute approximate surface area is 153 Å². The highest BCUT2D eigenvalue weighted by molar-refractivity contribution is 5.80. The zero-order valence-electron chi connectivity index (χ0n) is 16.3. The summed E-state index contributed by atoms with van der Waals surface area (Å²) >= 11 is 0. The van der Waals surface area contributed by atoms with Crippen molar-refractivity contribution in [2.24, 2.45) is 0 Å². The first kappa shape index (κ1) is 23.9. The van der Waals surface area contributed by atoms with Crippen LogP contribution in [0.2, 0.25) is 0 Å². The Bertz CT molecular complexity index is 359. The molecule has 0 saturated heterocycles. The van der Waals surface area contributed by atoms with Crippen LogP contribution in [0.15, 0.2) is 0 Å². The summed E-state index contributed by atoms with van der Waals surface area (Å²) < 4.78 is 5.73. The molecule has 0 radical (unpaired) electrons. The van der Waals surface area contributed by atoms with Gasteiger partial charge in [0.15, 0.2) is 6.10 Å². The van der Waals surface area contributed by atoms with Crippen molar-refractivity contribution in [1.29, 1.82) is 0 Å². The van der Waals surface area contributed by atoms with E-state index in [1.807, 2.05) is 0 Å². The summed E-state index contributed by atoms with van der Waals surface area (Å²) in [7, 11) is 0. The molecule has 5 nitrogen and oxygen atoms in total. The van der Waals surface area contributed by atoms with Gasteiger partial charge in [-0.3, -0.25) is 0 Å². The number of carbonyl (C=O) groups is 2. The quantitative estimate of drug-likeness (QED) is 0.337. The van der Waals surface area contributed by atoms with Crippen LogP contribution in [0.25, 0.3) is 0 Å². The molecule has 0 rings (SSSR count). The minimum absolute atomic E-state index is 0.581. The molecule has 25 heavy (non-hydrogen) atoms. The Balaban J connectivity index is 4.95. The van der Waals surface area contributed by atoms with Crippen molar-refractivity contribution < 1.29 is 24.5 Å². The van der Waals surface area contributed by atoms with Crippen molar-refractivity contribution in [1.82, 2.24) is 0 Å². The predicted molar refractivity (Wildman–Crippen MR) is 96.9 cm³/mol. The molecule has 0 aromatic rings. The smallest absolute Gasteiger partial charge is 0.335 e. The fourth-order valence-electron chi connectivity index (χ4n) is 3.10. The van der Waals surface area contributed by atoms with E-state index < -0.39 is 30.1 Å². The van der Waals surface area contributed by atoms with E-state index in [0.29, 0.717) is 0 Å². The molecule has 0 saturated carbocycles. The summed E-state index contributed by atoms with van der Waals surface area (Å²) in [4.78, 5) is 22.8. The topological polar surface area (TPSA) is 86.7 Å². The van der Waals surface area contributed by atoms with Gasteiger partial charge in [-0.15, -0.1) is 0 Å². The van der Waals surface area contributed by atoms with Crippen LogP contribution >= 0.6 is 0 Å². The van der Waals surface area contributed by atoms with Crippen LogP contribution in [0.4, 0.5) is 0 Å². The van der Waals surface area contributed by atoms with Gasteiger partial charge in [-0.05, 0) is 38.5 Å². The molecule has 1 N–H and O–H groups in total. The van der Waals surface area contributed by atoms with Gasteiger partial charge in [-0.25, -0.2) is 4.79 Å². The molecule has 0 heterocycles. The highest BCUT2D eigenvalue weighted by atomic mass is 16.6. The first-order valence-electron chi connectivity index (χ1n) is 10.0. The zero-order chi connectivity index (χ0) is 19.1. The number of carbonyl (C=O) groups excluding carboxylic acids is 2. The summed E-state index contributed by atoms with van der Waals surface area (Å²) in [6.45, 7) is 6.37. The van der Waals surface area contributed by atoms with Gasteiger partial charge in [-0.1, -0.05) is 59.3 Å². The first-order chi connectivity index (χ1) is 11.9. The Morgan fingerprint density at radius 3 is 1.84 bits per heavy atom. The van der Waals surface area contributed by atoms with Crippen LogP contribution in [-0.2, 0) is 14.3 Å². The van der Waals surface area contributed by atoms with Crippen LogP contribution < -0.4 is 5.11 Å². The number of hydrogen-bond donors (Lipinski definition) is 1. The van der Waals surface area contributed by atoms with Gasteiger partial charge in [0.2, 0.25) is 0 Å². The Hall–Kier alpha value is -1.10. The summed E-state index contributed by atoms with van der Waals surface area (Å²) in [6.07, 6.45) is 9.50. The third-order valence-corrected chi connectivity index (χ3v) is 4.66. The number of aliphatic carboxylic acids is 1. The lowest BCUT2D eigenvalue weighted by Crippen LogP contribution is -2.41. The average molecular weight is 358 g/mol. The van der Waals surface area contributed by atoms with E-state index >= 15 is 0 Å². The van der Waals surface area contributed by atoms with Crippen molar-refractivity contribution in [2.45, 2.75) is 116 Å². The molecule has 0 aromatic heterocycles. The molecular weight excluding hydrogens is 320 g/mol. The fourth-order valence-corrected chi connectivity index (χ4v) is 3.10. The van der Waals surface area contributed by atoms with Gasteiger partial charge >= 0.3 is 5.97 Å². The number of esters is 1. The molecule has 0 spiro atoms. The molecule has 0 aliphatic carbocycles. The van der Waals surface area contributed by atoms with E-state index in [1.54, 1.807) is 0 Å². The summed E-state index contributed by atoms with van der Waals surface area (Å²) in [5, 5.41) is 20.4. The molecule has 0 aliphatic heterocycles. The number of carboxylic acid groups (broad SMARTS) is 1. The number of ether oxygens (including phenoxy) is 1. The highest BCUT2D eigenvalue weighted by Crippen LogP contribution is 2.32. The summed E-state index contributed by atoms with van der Waals surface area (Å²) in [5.74, 6) is -2.28. The third-order valence-electron chi connectivity index (χ3n) is 4.66. The minimum Gasteiger partial charge on any atom is -0.550 e. The minimum atomic E-state index is -1.65. The highest BCUT2D eigenvalue weighted by Gasteiger charge is 2.34. The molecule has 1 atom stereocenters. The number of aliphatic hydroxyl groups is 1. The van der Waals surface area contributed by atoms with E-state index in [2.05, 4.69) is 20.8 Å². The lowest BCUT2D eigenvalue weighted by molar-refractivity contribution is -0.307. The third kappa shape index (κ3) is 11.2. The number of carboxylic acids is 1. The lowest BCUT2D eigenvalue weighted by Gasteiger charge is -2.35. The van der Waals surface area contributed by atoms with E-state index in [0.717, 1.165) is 57.8 Å². The largest absolute Gasteiger partial charge is 0.550 e. The van der Waals surface area contributed by atoms with Gasteiger partial charge in [0.25, 0.3) is 0 Å². The number of hydrogen-bond acceptors (Lipinski definition) is 5. The summed E-state index contributed by atoms with van der Waals surface area (Å²) in [5.41, 5.74) is -0.581. The molecule has 1 unspecified atom stereocenters. The second kappa shape index (κ2) is 14.1. The van der Waals surface area contributed by atoms with Gasteiger partial charge in [0.1, 0.15) is 5.60 Å². The van der Waals surface area contributed by atoms with E-state index in [4.69, 9.17) is 4.74 Å². The van der Waals surface area contributed by atoms with Gasteiger partial charge in [0, 0.05) is 12.4 Å². The maximum Gasteiger partial charge on any atom is 0.335 e. The standard InChI is InChI=1S/C20H38O5/c1-4-7-10-11-12-15-20(13-8-5-2,14-9-6-3)25-19(24)17(21)16-18(22)23/h17,21H,4-16H2,1-3H3,(H,22,23)/p-1. The van der Waals surface area contributed by atoms with E-state index in [-0.39, 0.29) is 0 Å². The summed E-state index contributed by atoms with van der Waals surface area (Å²) in [6, 6.07) is 0. The maximum absolute atomic E-state index is 12.2. The van der Waals surface area contributed by atoms with Crippen molar-refractivity contribution in [3.05, 3.63) is 0 Å². The first-order valence-corrected chi connectivity index (χ1v) is 10.0. The molecule has 0 bridgehead atoms. The molecule has 0 aliphatic rings. The van der Waals surface area contributed by atoms with Crippen molar-refractivity contribution >= 4 is 11.9 Å². The molecule has 0 amide bonds. The predicted octanol–water partition coefficient (Wildman–Crippen LogP) is 3.51. The Morgan fingerprint density at radius 1 is 0.880 bits per heavy atom. The van der Waals surface area contributed by atoms with Crippen molar-refractivity contribution in [2.75, 3.05) is 0 Å². The van der Waals surface area contributed by atoms with Crippen LogP contribution in [0, 0.1) is 0 Å². The van der Waals surface area contributed by atoms with Gasteiger partial charge < -0.3 is 19.7 Å². The second-order valence-corrected chi connectivity index (χ2v) is 7.07. The van der Waals surface area contributed by atoms with Crippen LogP contribution in [0.1, 0.15) is 104 Å². The van der Waals surface area contributed by atoms with E-state index in [9.17, 15) is 19.8 Å². The SMILES string of the molecule is CCCCCCCC(CCCC)(CCCC)OC(=O)C(O)CC(=O)[O-]. The molecule has 0 fully saturated rings. The van der Waals surface area contributed by atoms with Crippen molar-refractivity contribution in [3.63, 3.8) is 0 Å². The average Bonchev–Trinajstić information content (AvgIpc) is 2.57. The molecule has 148 valence electrons. The number of aliphatic hydroxyl groups excluding tert-OH is 1. The Morgan fingerprint density at radius 2 is 1.36 bits per heavy atom. The normalized spacial score (nSPS) is 12.8.